The van der Waals surface area contributed by atoms with Gasteiger partial charge in [-0.25, -0.2) is 4.57 Å². The summed E-state index contributed by atoms with van der Waals surface area (Å²) in [4.78, 5) is 22.4. The van der Waals surface area contributed by atoms with Gasteiger partial charge in [-0.2, -0.15) is 0 Å². The van der Waals surface area contributed by atoms with Gasteiger partial charge in [-0.1, -0.05) is 161 Å². The number of allylic oxidation sites excluding steroid dienone is 3. The maximum atomic E-state index is 12.5. The fraction of sp³-hybridized carbons (Fsp3) is 0.878. The molecule has 3 N–H and O–H groups in total. The molecule has 0 aliphatic rings. The quantitative estimate of drug-likeness (QED) is 0.0210. The molecule has 2 atom stereocenters. The minimum absolute atomic E-state index is 0.0320. The van der Waals surface area contributed by atoms with Crippen molar-refractivity contribution in [1.82, 2.24) is 0 Å². The highest BCUT2D eigenvalue weighted by atomic mass is 31.2. The van der Waals surface area contributed by atoms with Crippen LogP contribution >= 0.6 is 7.82 Å². The van der Waals surface area contributed by atoms with Gasteiger partial charge >= 0.3 is 13.8 Å². The number of ether oxygens (including phenoxy) is 2. The van der Waals surface area contributed by atoms with Crippen molar-refractivity contribution in [2.24, 2.45) is 5.73 Å². The van der Waals surface area contributed by atoms with E-state index < -0.39 is 13.9 Å². The average molecular weight is 730 g/mol. The van der Waals surface area contributed by atoms with Crippen molar-refractivity contribution in [2.45, 2.75) is 206 Å². The van der Waals surface area contributed by atoms with Crippen molar-refractivity contribution in [1.29, 1.82) is 0 Å². The average Bonchev–Trinajstić information content (AvgIpc) is 3.10. The Kier molecular flexibility index (Phi) is 38.1. The van der Waals surface area contributed by atoms with Gasteiger partial charge in [0, 0.05) is 13.0 Å². The topological polar surface area (TPSA) is 117 Å². The first kappa shape index (κ1) is 48.8. The molecule has 0 aliphatic carbocycles. The molecule has 0 bridgehead atoms. The molecule has 1 unspecified atom stereocenters. The zero-order chi connectivity index (χ0) is 36.6. The number of carbonyl (C=O) groups excluding carboxylic acids is 1. The Bertz CT molecular complexity index is 823. The van der Waals surface area contributed by atoms with Crippen LogP contribution in [0.4, 0.5) is 0 Å². The predicted molar refractivity (Wildman–Crippen MR) is 210 cm³/mol. The first-order valence-corrected chi connectivity index (χ1v) is 22.4. The van der Waals surface area contributed by atoms with Crippen molar-refractivity contribution in [3.8, 4) is 0 Å². The van der Waals surface area contributed by atoms with Gasteiger partial charge in [0.25, 0.3) is 0 Å². The molecule has 0 aliphatic heterocycles. The molecule has 0 saturated carbocycles. The molecule has 0 heterocycles. The standard InChI is InChI=1S/C41H80NO7P/c1-3-5-7-9-11-13-15-17-19-21-23-25-27-29-31-33-36-46-38-40(39-48-50(44,45)47-37-35-42)49-41(43)34-32-30-28-26-24-22-20-18-16-14-12-10-8-6-4-2/h18,20,33,36,40H,3-17,19,21-32,34-35,37-39,42H2,1-2H3,(H,44,45)/b20-18+,36-33+/t40-/m1/s1. The summed E-state index contributed by atoms with van der Waals surface area (Å²) in [6.07, 6.45) is 42.8. The van der Waals surface area contributed by atoms with Gasteiger partial charge in [0.1, 0.15) is 6.61 Å². The molecule has 9 heteroatoms. The van der Waals surface area contributed by atoms with E-state index in [0.717, 1.165) is 44.9 Å². The van der Waals surface area contributed by atoms with Crippen LogP contribution in [-0.4, -0.2) is 43.3 Å². The predicted octanol–water partition coefficient (Wildman–Crippen LogP) is 12.4. The summed E-state index contributed by atoms with van der Waals surface area (Å²) in [6.45, 7) is 4.24. The third-order valence-electron chi connectivity index (χ3n) is 8.94. The lowest BCUT2D eigenvalue weighted by Crippen LogP contribution is -2.27. The number of hydrogen-bond acceptors (Lipinski definition) is 7. The largest absolute Gasteiger partial charge is 0.498 e. The first-order valence-electron chi connectivity index (χ1n) is 20.9. The van der Waals surface area contributed by atoms with Gasteiger partial charge in [-0.15, -0.1) is 0 Å². The van der Waals surface area contributed by atoms with Crippen LogP contribution in [0, 0.1) is 0 Å². The number of nitrogens with two attached hydrogens (primary N) is 1. The van der Waals surface area contributed by atoms with E-state index in [0.29, 0.717) is 6.42 Å². The van der Waals surface area contributed by atoms with Gasteiger partial charge in [-0.05, 0) is 51.0 Å². The first-order chi connectivity index (χ1) is 24.4. The summed E-state index contributed by atoms with van der Waals surface area (Å²) >= 11 is 0. The molecule has 8 nitrogen and oxygen atoms in total. The van der Waals surface area contributed by atoms with Gasteiger partial charge in [-0.3, -0.25) is 13.8 Å². The Morgan fingerprint density at radius 2 is 1.02 bits per heavy atom. The van der Waals surface area contributed by atoms with Crippen LogP contribution in [0.2, 0.25) is 0 Å². The lowest BCUT2D eigenvalue weighted by Gasteiger charge is -2.19. The summed E-state index contributed by atoms with van der Waals surface area (Å²) in [5, 5.41) is 0. The summed E-state index contributed by atoms with van der Waals surface area (Å²) in [6, 6.07) is 0. The van der Waals surface area contributed by atoms with Crippen LogP contribution in [0.3, 0.4) is 0 Å². The Balaban J connectivity index is 4.10. The molecule has 0 radical (unpaired) electrons. The Labute approximate surface area is 308 Å². The summed E-state index contributed by atoms with van der Waals surface area (Å²) in [5.41, 5.74) is 5.36. The molecule has 0 fully saturated rings. The number of esters is 1. The van der Waals surface area contributed by atoms with Gasteiger partial charge in [0.15, 0.2) is 6.10 Å². The highest BCUT2D eigenvalue weighted by Gasteiger charge is 2.25. The zero-order valence-electron chi connectivity index (χ0n) is 32.6. The number of carbonyl (C=O) groups is 1. The van der Waals surface area contributed by atoms with Crippen LogP contribution in [-0.2, 0) is 27.9 Å². The summed E-state index contributed by atoms with van der Waals surface area (Å²) in [7, 11) is -4.29. The molecule has 0 amide bonds. The Hall–Kier alpha value is -1.18. The van der Waals surface area contributed by atoms with E-state index in [2.05, 4.69) is 26.0 Å². The second-order valence-corrected chi connectivity index (χ2v) is 15.4. The molecule has 50 heavy (non-hydrogen) atoms. The van der Waals surface area contributed by atoms with Crippen LogP contribution < -0.4 is 5.73 Å². The smallest absolute Gasteiger partial charge is 0.472 e. The molecule has 0 saturated heterocycles. The van der Waals surface area contributed by atoms with Crippen LogP contribution in [0.1, 0.15) is 200 Å². The number of hydrogen-bond donors (Lipinski definition) is 2. The van der Waals surface area contributed by atoms with E-state index in [1.165, 1.54) is 135 Å². The van der Waals surface area contributed by atoms with Crippen LogP contribution in [0.25, 0.3) is 0 Å². The molecule has 0 aromatic heterocycles. The Morgan fingerprint density at radius 3 is 1.48 bits per heavy atom. The lowest BCUT2D eigenvalue weighted by molar-refractivity contribution is -0.153. The fourth-order valence-electron chi connectivity index (χ4n) is 5.84. The van der Waals surface area contributed by atoms with Gasteiger partial charge in [0.2, 0.25) is 0 Å². The van der Waals surface area contributed by atoms with Crippen molar-refractivity contribution in [3.05, 3.63) is 24.5 Å². The van der Waals surface area contributed by atoms with Crippen molar-refractivity contribution < 1.29 is 32.8 Å². The van der Waals surface area contributed by atoms with Crippen molar-refractivity contribution in [3.63, 3.8) is 0 Å². The minimum atomic E-state index is -4.29. The van der Waals surface area contributed by atoms with E-state index in [4.69, 9.17) is 24.3 Å². The lowest BCUT2D eigenvalue weighted by atomic mass is 10.0. The maximum absolute atomic E-state index is 12.5. The van der Waals surface area contributed by atoms with Gasteiger partial charge < -0.3 is 20.1 Å². The third-order valence-corrected chi connectivity index (χ3v) is 9.92. The summed E-state index contributed by atoms with van der Waals surface area (Å²) in [5.74, 6) is -0.359. The Morgan fingerprint density at radius 1 is 0.600 bits per heavy atom. The minimum Gasteiger partial charge on any atom is -0.498 e. The highest BCUT2D eigenvalue weighted by Crippen LogP contribution is 2.43. The van der Waals surface area contributed by atoms with Crippen LogP contribution in [0.5, 0.6) is 0 Å². The van der Waals surface area contributed by atoms with E-state index in [9.17, 15) is 14.3 Å². The van der Waals surface area contributed by atoms with Crippen molar-refractivity contribution in [2.75, 3.05) is 26.4 Å². The normalized spacial score (nSPS) is 13.7. The van der Waals surface area contributed by atoms with E-state index in [1.54, 1.807) is 6.26 Å². The van der Waals surface area contributed by atoms with E-state index in [1.807, 2.05) is 6.08 Å². The molecular weight excluding hydrogens is 649 g/mol. The fourth-order valence-corrected chi connectivity index (χ4v) is 6.60. The number of phosphoric ester groups is 1. The molecule has 0 rings (SSSR count). The molecule has 0 aromatic rings. The zero-order valence-corrected chi connectivity index (χ0v) is 33.5. The second kappa shape index (κ2) is 39.0. The monoisotopic (exact) mass is 730 g/mol. The number of rotatable bonds is 40. The van der Waals surface area contributed by atoms with Crippen LogP contribution in [0.15, 0.2) is 24.5 Å². The third kappa shape index (κ3) is 38.1. The SMILES string of the molecule is CCCCCCCC/C=C/CCCCCCCC(=O)O[C@H](CO/C=C/CCCCCCCCCCCCCCCC)COP(=O)(O)OCCN. The molecular formula is C41H80NO7P. The highest BCUT2D eigenvalue weighted by molar-refractivity contribution is 7.47. The number of unbranched alkanes of at least 4 members (excludes halogenated alkanes) is 25. The second-order valence-electron chi connectivity index (χ2n) is 13.9. The van der Waals surface area contributed by atoms with E-state index in [-0.39, 0.29) is 32.3 Å². The molecule has 0 spiro atoms. The van der Waals surface area contributed by atoms with E-state index >= 15 is 0 Å². The summed E-state index contributed by atoms with van der Waals surface area (Å²) < 4.78 is 33.1. The van der Waals surface area contributed by atoms with Crippen molar-refractivity contribution >= 4 is 13.8 Å². The molecule has 296 valence electrons. The molecule has 0 aromatic carbocycles. The number of phosphoric acid groups is 1. The maximum Gasteiger partial charge on any atom is 0.472 e. The van der Waals surface area contributed by atoms with Gasteiger partial charge in [0.05, 0.1) is 19.5 Å².